The Morgan fingerprint density at radius 2 is 2.17 bits per heavy atom. The van der Waals surface area contributed by atoms with Gasteiger partial charge in [-0.2, -0.15) is 0 Å². The van der Waals surface area contributed by atoms with Gasteiger partial charge in [0.1, 0.15) is 12.6 Å². The van der Waals surface area contributed by atoms with E-state index >= 15 is 0 Å². The summed E-state index contributed by atoms with van der Waals surface area (Å²) in [6.07, 6.45) is 1.93. The van der Waals surface area contributed by atoms with Crippen molar-refractivity contribution in [1.82, 2.24) is 10.3 Å². The van der Waals surface area contributed by atoms with E-state index in [1.807, 2.05) is 18.2 Å². The molecule has 0 fully saturated rings. The van der Waals surface area contributed by atoms with Crippen molar-refractivity contribution < 1.29 is 24.2 Å². The maximum absolute atomic E-state index is 11.8. The number of carbonyl (C=O) groups is 2. The number of aromatic nitrogens is 1. The van der Waals surface area contributed by atoms with Gasteiger partial charge in [-0.25, -0.2) is 4.79 Å². The fourth-order valence-corrected chi connectivity index (χ4v) is 2.64. The van der Waals surface area contributed by atoms with E-state index in [2.05, 4.69) is 26.2 Å². The van der Waals surface area contributed by atoms with Crippen molar-refractivity contribution >= 4 is 38.7 Å². The summed E-state index contributed by atoms with van der Waals surface area (Å²) in [5.41, 5.74) is 1.73. The highest BCUT2D eigenvalue weighted by molar-refractivity contribution is 9.10. The molecule has 24 heavy (non-hydrogen) atoms. The summed E-state index contributed by atoms with van der Waals surface area (Å²) in [4.78, 5) is 26.4. The first kappa shape index (κ1) is 18.4. The van der Waals surface area contributed by atoms with Crippen LogP contribution in [0.4, 0.5) is 0 Å². The van der Waals surface area contributed by atoms with Crippen molar-refractivity contribution in [2.45, 2.75) is 12.5 Å². The largest absolute Gasteiger partial charge is 0.480 e. The molecule has 0 bridgehead atoms. The Morgan fingerprint density at radius 3 is 2.88 bits per heavy atom. The summed E-state index contributed by atoms with van der Waals surface area (Å²) in [7, 11) is 1.53. The molecule has 0 saturated carbocycles. The number of aliphatic carboxylic acids is 1. The first-order chi connectivity index (χ1) is 11.5. The number of ether oxygens (including phenoxy) is 2. The number of amides is 1. The number of fused-ring (bicyclic) bond motifs is 1. The molecule has 0 radical (unpaired) electrons. The second-order valence-corrected chi connectivity index (χ2v) is 6.13. The molecule has 1 amide bonds. The van der Waals surface area contributed by atoms with Crippen LogP contribution in [0.3, 0.4) is 0 Å². The van der Waals surface area contributed by atoms with Crippen molar-refractivity contribution in [3.05, 3.63) is 34.4 Å². The van der Waals surface area contributed by atoms with Gasteiger partial charge in [-0.1, -0.05) is 15.9 Å². The first-order valence-electron chi connectivity index (χ1n) is 7.35. The van der Waals surface area contributed by atoms with Gasteiger partial charge in [0.25, 0.3) is 0 Å². The van der Waals surface area contributed by atoms with Crippen molar-refractivity contribution in [3.63, 3.8) is 0 Å². The minimum Gasteiger partial charge on any atom is -0.480 e. The number of halogens is 1. The number of carbonyl (C=O) groups excluding carboxylic acids is 1. The zero-order chi connectivity index (χ0) is 17.5. The first-order valence-corrected chi connectivity index (χ1v) is 8.15. The Labute approximate surface area is 147 Å². The third-order valence-corrected chi connectivity index (χ3v) is 3.95. The van der Waals surface area contributed by atoms with Gasteiger partial charge in [-0.15, -0.1) is 0 Å². The number of benzene rings is 1. The third kappa shape index (κ3) is 5.05. The van der Waals surface area contributed by atoms with E-state index in [0.717, 1.165) is 20.9 Å². The van der Waals surface area contributed by atoms with Crippen LogP contribution in [-0.4, -0.2) is 54.9 Å². The quantitative estimate of drug-likeness (QED) is 0.558. The molecular formula is C16H19BrN2O5. The summed E-state index contributed by atoms with van der Waals surface area (Å²) in [6, 6.07) is 4.69. The number of hydrogen-bond donors (Lipinski definition) is 3. The van der Waals surface area contributed by atoms with Crippen LogP contribution >= 0.6 is 15.9 Å². The van der Waals surface area contributed by atoms with Gasteiger partial charge < -0.3 is 24.9 Å². The number of H-pyrrole nitrogens is 1. The van der Waals surface area contributed by atoms with Crippen LogP contribution in [0, 0.1) is 0 Å². The molecule has 8 heteroatoms. The second kappa shape index (κ2) is 8.81. The fraction of sp³-hybridized carbons (Fsp3) is 0.375. The molecule has 1 aromatic heterocycles. The predicted molar refractivity (Wildman–Crippen MR) is 92.0 cm³/mol. The third-order valence-electron chi connectivity index (χ3n) is 3.45. The highest BCUT2D eigenvalue weighted by Crippen LogP contribution is 2.23. The lowest BCUT2D eigenvalue weighted by atomic mass is 10.1. The van der Waals surface area contributed by atoms with Crippen molar-refractivity contribution in [2.75, 3.05) is 26.9 Å². The Kier molecular flexibility index (Phi) is 6.77. The van der Waals surface area contributed by atoms with Gasteiger partial charge in [-0.3, -0.25) is 4.79 Å². The lowest BCUT2D eigenvalue weighted by molar-refractivity contribution is -0.142. The fourth-order valence-electron chi connectivity index (χ4n) is 2.28. The van der Waals surface area contributed by atoms with Crippen LogP contribution in [0.15, 0.2) is 28.9 Å². The highest BCUT2D eigenvalue weighted by Gasteiger charge is 2.22. The molecule has 7 nitrogen and oxygen atoms in total. The van der Waals surface area contributed by atoms with E-state index < -0.39 is 17.9 Å². The lowest BCUT2D eigenvalue weighted by Gasteiger charge is -2.14. The van der Waals surface area contributed by atoms with Gasteiger partial charge >= 0.3 is 5.97 Å². The maximum atomic E-state index is 11.8. The number of carboxylic acid groups (broad SMARTS) is 1. The molecule has 1 atom stereocenters. The van der Waals surface area contributed by atoms with Crippen molar-refractivity contribution in [3.8, 4) is 0 Å². The SMILES string of the molecule is COCCOCC(=O)NC(Cc1c[nH]c2ccc(Br)cc12)C(=O)O. The Bertz CT molecular complexity index is 716. The minimum absolute atomic E-state index is 0.176. The van der Waals surface area contributed by atoms with Crippen LogP contribution in [0.1, 0.15) is 5.56 Å². The molecular weight excluding hydrogens is 380 g/mol. The molecule has 0 aliphatic carbocycles. The summed E-state index contributed by atoms with van der Waals surface area (Å²) >= 11 is 3.40. The van der Waals surface area contributed by atoms with Crippen molar-refractivity contribution in [2.24, 2.45) is 0 Å². The van der Waals surface area contributed by atoms with Crippen LogP contribution in [0.5, 0.6) is 0 Å². The molecule has 0 spiro atoms. The number of methoxy groups -OCH3 is 1. The minimum atomic E-state index is -1.09. The molecule has 0 aliphatic heterocycles. The number of hydrogen-bond acceptors (Lipinski definition) is 4. The molecule has 1 heterocycles. The zero-order valence-corrected chi connectivity index (χ0v) is 14.8. The van der Waals surface area contributed by atoms with Crippen LogP contribution in [0.25, 0.3) is 10.9 Å². The zero-order valence-electron chi connectivity index (χ0n) is 13.2. The summed E-state index contributed by atoms with van der Waals surface area (Å²) in [6.45, 7) is 0.449. The standard InChI is InChI=1S/C16H19BrN2O5/c1-23-4-5-24-9-15(20)19-14(16(21)22)6-10-8-18-13-3-2-11(17)7-12(10)13/h2-3,7-8,14,18H,4-6,9H2,1H3,(H,19,20)(H,21,22). The second-order valence-electron chi connectivity index (χ2n) is 5.21. The van der Waals surface area contributed by atoms with Crippen LogP contribution in [0.2, 0.25) is 0 Å². The van der Waals surface area contributed by atoms with Gasteiger partial charge in [0.2, 0.25) is 5.91 Å². The molecule has 1 aromatic carbocycles. The van der Waals surface area contributed by atoms with E-state index in [1.54, 1.807) is 6.20 Å². The average molecular weight is 399 g/mol. The highest BCUT2D eigenvalue weighted by atomic mass is 79.9. The van der Waals surface area contributed by atoms with E-state index in [0.29, 0.717) is 6.61 Å². The van der Waals surface area contributed by atoms with Gasteiger partial charge in [-0.05, 0) is 23.8 Å². The number of rotatable bonds is 9. The summed E-state index contributed by atoms with van der Waals surface area (Å²) in [5.74, 6) is -1.57. The molecule has 130 valence electrons. The van der Waals surface area contributed by atoms with E-state index in [4.69, 9.17) is 9.47 Å². The number of aromatic amines is 1. The van der Waals surface area contributed by atoms with Crippen molar-refractivity contribution in [1.29, 1.82) is 0 Å². The van der Waals surface area contributed by atoms with Gasteiger partial charge in [0.05, 0.1) is 13.2 Å². The van der Waals surface area contributed by atoms with E-state index in [1.165, 1.54) is 7.11 Å². The van der Waals surface area contributed by atoms with Gasteiger partial charge in [0, 0.05) is 35.1 Å². The normalized spacial score (nSPS) is 12.2. The summed E-state index contributed by atoms with van der Waals surface area (Å²) in [5, 5.41) is 12.8. The molecule has 1 unspecified atom stereocenters. The summed E-state index contributed by atoms with van der Waals surface area (Å²) < 4.78 is 10.8. The topological polar surface area (TPSA) is 101 Å². The molecule has 2 rings (SSSR count). The molecule has 0 saturated heterocycles. The monoisotopic (exact) mass is 398 g/mol. The average Bonchev–Trinajstić information content (AvgIpc) is 2.93. The lowest BCUT2D eigenvalue weighted by Crippen LogP contribution is -2.44. The van der Waals surface area contributed by atoms with Crippen LogP contribution in [-0.2, 0) is 25.5 Å². The van der Waals surface area contributed by atoms with E-state index in [-0.39, 0.29) is 19.6 Å². The Hall–Kier alpha value is -1.90. The van der Waals surface area contributed by atoms with Crippen LogP contribution < -0.4 is 5.32 Å². The maximum Gasteiger partial charge on any atom is 0.326 e. The molecule has 2 aromatic rings. The molecule has 3 N–H and O–H groups in total. The predicted octanol–water partition coefficient (Wildman–Crippen LogP) is 1.71. The van der Waals surface area contributed by atoms with E-state index in [9.17, 15) is 14.7 Å². The van der Waals surface area contributed by atoms with Gasteiger partial charge in [0.15, 0.2) is 0 Å². The number of carboxylic acids is 1. The molecule has 0 aliphatic rings. The number of nitrogens with one attached hydrogen (secondary N) is 2. The Balaban J connectivity index is 2.01. The Morgan fingerprint density at radius 1 is 1.38 bits per heavy atom. The smallest absolute Gasteiger partial charge is 0.326 e.